The van der Waals surface area contributed by atoms with Crippen LogP contribution in [0.5, 0.6) is 5.75 Å². The van der Waals surface area contributed by atoms with Crippen molar-refractivity contribution in [2.75, 3.05) is 0 Å². The Balaban J connectivity index is 2.42. The van der Waals surface area contributed by atoms with Gasteiger partial charge in [0.25, 0.3) is 0 Å². The molecule has 0 amide bonds. The van der Waals surface area contributed by atoms with Crippen LogP contribution >= 0.6 is 15.9 Å². The largest absolute Gasteiger partial charge is 0.507 e. The minimum absolute atomic E-state index is 0.149. The molecule has 1 aliphatic carbocycles. The minimum Gasteiger partial charge on any atom is -0.507 e. The third kappa shape index (κ3) is 1.59. The molecule has 0 saturated heterocycles. The molecule has 0 aliphatic heterocycles. The van der Waals surface area contributed by atoms with E-state index in [1.54, 1.807) is 6.07 Å². The van der Waals surface area contributed by atoms with E-state index in [2.05, 4.69) is 35.0 Å². The zero-order chi connectivity index (χ0) is 10.2. The van der Waals surface area contributed by atoms with Crippen molar-refractivity contribution >= 4 is 15.9 Å². The number of rotatable bonds is 1. The summed E-state index contributed by atoms with van der Waals surface area (Å²) in [6.45, 7) is 2.23. The van der Waals surface area contributed by atoms with Gasteiger partial charge in [-0.05, 0) is 46.5 Å². The van der Waals surface area contributed by atoms with Crippen LogP contribution in [0, 0.1) is 0 Å². The van der Waals surface area contributed by atoms with E-state index in [1.165, 1.54) is 5.56 Å². The molecule has 14 heavy (non-hydrogen) atoms. The van der Waals surface area contributed by atoms with Gasteiger partial charge in [-0.3, -0.25) is 0 Å². The van der Waals surface area contributed by atoms with Crippen LogP contribution < -0.4 is 0 Å². The molecule has 0 fully saturated rings. The molecule has 2 heteroatoms. The Morgan fingerprint density at radius 1 is 1.43 bits per heavy atom. The monoisotopic (exact) mass is 252 g/mol. The molecule has 0 radical (unpaired) electrons. The van der Waals surface area contributed by atoms with Crippen molar-refractivity contribution in [1.29, 1.82) is 0 Å². The van der Waals surface area contributed by atoms with Crippen LogP contribution in [0.15, 0.2) is 34.8 Å². The van der Waals surface area contributed by atoms with Crippen LogP contribution in [0.2, 0.25) is 0 Å². The van der Waals surface area contributed by atoms with Crippen molar-refractivity contribution in [2.45, 2.75) is 25.2 Å². The number of hydrogen-bond donors (Lipinski definition) is 1. The van der Waals surface area contributed by atoms with Gasteiger partial charge < -0.3 is 5.11 Å². The SMILES string of the molecule is CC1(c2ccc(O)c(Br)c2)C=CCC1. The number of benzene rings is 1. The second kappa shape index (κ2) is 3.43. The van der Waals surface area contributed by atoms with Gasteiger partial charge in [0.1, 0.15) is 5.75 Å². The van der Waals surface area contributed by atoms with E-state index in [0.717, 1.165) is 17.3 Å². The maximum absolute atomic E-state index is 9.41. The van der Waals surface area contributed by atoms with E-state index in [1.807, 2.05) is 12.1 Å². The minimum atomic E-state index is 0.149. The first-order valence-corrected chi connectivity index (χ1v) is 5.58. The van der Waals surface area contributed by atoms with Gasteiger partial charge in [0.05, 0.1) is 4.47 Å². The summed E-state index contributed by atoms with van der Waals surface area (Å²) in [7, 11) is 0. The summed E-state index contributed by atoms with van der Waals surface area (Å²) < 4.78 is 0.775. The molecule has 2 rings (SSSR count). The quantitative estimate of drug-likeness (QED) is 0.755. The molecule has 0 heterocycles. The third-order valence-electron chi connectivity index (χ3n) is 2.92. The first-order valence-electron chi connectivity index (χ1n) is 4.78. The van der Waals surface area contributed by atoms with Gasteiger partial charge >= 0.3 is 0 Å². The highest BCUT2D eigenvalue weighted by Crippen LogP contribution is 2.38. The lowest BCUT2D eigenvalue weighted by Crippen LogP contribution is -2.15. The highest BCUT2D eigenvalue weighted by Gasteiger charge is 2.26. The molecule has 0 saturated carbocycles. The first kappa shape index (κ1) is 9.78. The van der Waals surface area contributed by atoms with Crippen LogP contribution in [-0.2, 0) is 5.41 Å². The molecule has 0 spiro atoms. The predicted octanol–water partition coefficient (Wildman–Crippen LogP) is 3.76. The Morgan fingerprint density at radius 2 is 2.21 bits per heavy atom. The van der Waals surface area contributed by atoms with Gasteiger partial charge in [-0.2, -0.15) is 0 Å². The van der Waals surface area contributed by atoms with E-state index in [4.69, 9.17) is 0 Å². The van der Waals surface area contributed by atoms with E-state index in [-0.39, 0.29) is 5.41 Å². The highest BCUT2D eigenvalue weighted by molar-refractivity contribution is 9.10. The Kier molecular flexibility index (Phi) is 2.40. The summed E-state index contributed by atoms with van der Waals surface area (Å²) in [4.78, 5) is 0. The number of phenolic OH excluding ortho intramolecular Hbond substituents is 1. The van der Waals surface area contributed by atoms with Crippen molar-refractivity contribution in [2.24, 2.45) is 0 Å². The zero-order valence-corrected chi connectivity index (χ0v) is 9.71. The standard InChI is InChI=1S/C12H13BrO/c1-12(6-2-3-7-12)9-4-5-11(14)10(13)8-9/h2,4-6,8,14H,3,7H2,1H3. The zero-order valence-electron chi connectivity index (χ0n) is 8.13. The average molecular weight is 253 g/mol. The number of halogens is 1. The van der Waals surface area contributed by atoms with Crippen LogP contribution in [0.1, 0.15) is 25.3 Å². The topological polar surface area (TPSA) is 20.2 Å². The van der Waals surface area contributed by atoms with E-state index >= 15 is 0 Å². The molecule has 1 unspecified atom stereocenters. The molecular weight excluding hydrogens is 240 g/mol. The maximum Gasteiger partial charge on any atom is 0.129 e. The molecule has 1 atom stereocenters. The lowest BCUT2D eigenvalue weighted by atomic mass is 9.82. The highest BCUT2D eigenvalue weighted by atomic mass is 79.9. The van der Waals surface area contributed by atoms with Crippen LogP contribution in [0.4, 0.5) is 0 Å². The number of phenols is 1. The maximum atomic E-state index is 9.41. The summed E-state index contributed by atoms with van der Waals surface area (Å²) in [5.74, 6) is 0.305. The summed E-state index contributed by atoms with van der Waals surface area (Å²) in [5.41, 5.74) is 1.41. The normalized spacial score (nSPS) is 25.6. The molecule has 0 bridgehead atoms. The Morgan fingerprint density at radius 3 is 2.79 bits per heavy atom. The molecule has 74 valence electrons. The molecule has 1 aliphatic rings. The van der Waals surface area contributed by atoms with Crippen LogP contribution in [-0.4, -0.2) is 5.11 Å². The van der Waals surface area contributed by atoms with Gasteiger partial charge in [0, 0.05) is 5.41 Å². The summed E-state index contributed by atoms with van der Waals surface area (Å²) in [6, 6.07) is 5.75. The molecule has 1 aromatic rings. The first-order chi connectivity index (χ1) is 6.62. The summed E-state index contributed by atoms with van der Waals surface area (Å²) >= 11 is 3.34. The van der Waals surface area contributed by atoms with Crippen molar-refractivity contribution in [3.63, 3.8) is 0 Å². The fraction of sp³-hybridized carbons (Fsp3) is 0.333. The van der Waals surface area contributed by atoms with Gasteiger partial charge in [0.15, 0.2) is 0 Å². The lowest BCUT2D eigenvalue weighted by molar-refractivity contribution is 0.470. The molecule has 1 N–H and O–H groups in total. The summed E-state index contributed by atoms with van der Waals surface area (Å²) in [6.07, 6.45) is 6.78. The van der Waals surface area contributed by atoms with Crippen molar-refractivity contribution in [1.82, 2.24) is 0 Å². The lowest BCUT2D eigenvalue weighted by Gasteiger charge is -2.22. The Labute approximate surface area is 92.6 Å². The molecular formula is C12H13BrO. The third-order valence-corrected chi connectivity index (χ3v) is 3.56. The predicted molar refractivity (Wildman–Crippen MR) is 61.5 cm³/mol. The van der Waals surface area contributed by atoms with Gasteiger partial charge in [-0.15, -0.1) is 0 Å². The number of aromatic hydroxyl groups is 1. The fourth-order valence-electron chi connectivity index (χ4n) is 1.91. The van der Waals surface area contributed by atoms with Crippen LogP contribution in [0.25, 0.3) is 0 Å². The van der Waals surface area contributed by atoms with Crippen LogP contribution in [0.3, 0.4) is 0 Å². The Bertz CT molecular complexity index is 384. The van der Waals surface area contributed by atoms with Crippen molar-refractivity contribution in [3.05, 3.63) is 40.4 Å². The van der Waals surface area contributed by atoms with Gasteiger partial charge in [-0.25, -0.2) is 0 Å². The van der Waals surface area contributed by atoms with Crippen molar-refractivity contribution in [3.8, 4) is 5.75 Å². The second-order valence-corrected chi connectivity index (χ2v) is 4.88. The molecule has 1 aromatic carbocycles. The Hall–Kier alpha value is -0.760. The van der Waals surface area contributed by atoms with E-state index < -0.39 is 0 Å². The smallest absolute Gasteiger partial charge is 0.129 e. The van der Waals surface area contributed by atoms with E-state index in [0.29, 0.717) is 5.75 Å². The number of hydrogen-bond acceptors (Lipinski definition) is 1. The molecule has 0 aromatic heterocycles. The summed E-state index contributed by atoms with van der Waals surface area (Å²) in [5, 5.41) is 9.41. The van der Waals surface area contributed by atoms with Gasteiger partial charge in [0.2, 0.25) is 0 Å². The fourth-order valence-corrected chi connectivity index (χ4v) is 2.29. The van der Waals surface area contributed by atoms with E-state index in [9.17, 15) is 5.11 Å². The van der Waals surface area contributed by atoms with Crippen molar-refractivity contribution < 1.29 is 5.11 Å². The average Bonchev–Trinajstić information content (AvgIpc) is 2.58. The molecule has 1 nitrogen and oxygen atoms in total. The second-order valence-electron chi connectivity index (χ2n) is 4.02. The number of allylic oxidation sites excluding steroid dienone is 2. The van der Waals surface area contributed by atoms with Gasteiger partial charge in [-0.1, -0.05) is 25.1 Å².